The second-order valence-electron chi connectivity index (χ2n) is 7.63. The van der Waals surface area contributed by atoms with E-state index in [1.165, 1.54) is 38.4 Å². The van der Waals surface area contributed by atoms with E-state index >= 15 is 0 Å². The second-order valence-corrected chi connectivity index (χ2v) is 7.63. The molecule has 0 unspecified atom stereocenters. The molecule has 2 aromatic rings. The van der Waals surface area contributed by atoms with E-state index in [1.807, 2.05) is 0 Å². The molecule has 7 nitrogen and oxygen atoms in total. The van der Waals surface area contributed by atoms with E-state index in [0.29, 0.717) is 0 Å². The highest BCUT2D eigenvalue weighted by Gasteiger charge is 2.65. The van der Waals surface area contributed by atoms with Crippen molar-refractivity contribution in [2.75, 3.05) is 12.4 Å². The molecule has 32 heavy (non-hydrogen) atoms. The number of benzene rings is 1. The molecule has 1 aliphatic rings. The van der Waals surface area contributed by atoms with Gasteiger partial charge in [-0.15, -0.1) is 0 Å². The van der Waals surface area contributed by atoms with Crippen LogP contribution in [-0.4, -0.2) is 41.8 Å². The second kappa shape index (κ2) is 8.38. The fourth-order valence-corrected chi connectivity index (χ4v) is 3.84. The molecule has 0 aliphatic carbocycles. The highest BCUT2D eigenvalue weighted by molar-refractivity contribution is 5.97. The van der Waals surface area contributed by atoms with E-state index in [2.05, 4.69) is 10.3 Å². The summed E-state index contributed by atoms with van der Waals surface area (Å²) in [5, 5.41) is 2.44. The number of halogens is 4. The van der Waals surface area contributed by atoms with Crippen LogP contribution in [0.2, 0.25) is 0 Å². The Hall–Kier alpha value is -3.21. The minimum atomic E-state index is -4.79. The molecule has 1 aliphatic heterocycles. The van der Waals surface area contributed by atoms with Crippen LogP contribution in [0.3, 0.4) is 0 Å². The van der Waals surface area contributed by atoms with Gasteiger partial charge in [0.2, 0.25) is 0 Å². The van der Waals surface area contributed by atoms with Crippen molar-refractivity contribution in [2.24, 2.45) is 11.7 Å². The Morgan fingerprint density at radius 3 is 2.53 bits per heavy atom. The maximum Gasteiger partial charge on any atom is 0.417 e. The van der Waals surface area contributed by atoms with Crippen LogP contribution in [0.5, 0.6) is 5.75 Å². The maximum absolute atomic E-state index is 13.9. The number of methoxy groups -OCH3 is 1. The van der Waals surface area contributed by atoms with Gasteiger partial charge in [0.25, 0.3) is 11.8 Å². The number of nitrogens with one attached hydrogen (secondary N) is 1. The molecule has 2 amide bonds. The summed E-state index contributed by atoms with van der Waals surface area (Å²) in [5.74, 6) is -4.72. The molecule has 0 bridgehead atoms. The molecule has 3 N–H and O–H groups in total. The molecule has 0 spiro atoms. The molecular formula is C21H21F4N3O4. The number of aromatic nitrogens is 1. The molecule has 1 aromatic heterocycles. The number of ether oxygens (including phenoxy) is 2. The molecule has 1 fully saturated rings. The van der Waals surface area contributed by atoms with Gasteiger partial charge in [0, 0.05) is 35.3 Å². The monoisotopic (exact) mass is 455 g/mol. The Morgan fingerprint density at radius 1 is 1.25 bits per heavy atom. The van der Waals surface area contributed by atoms with E-state index < -0.39 is 47.3 Å². The van der Waals surface area contributed by atoms with Crippen molar-refractivity contribution in [3.63, 3.8) is 0 Å². The van der Waals surface area contributed by atoms with Crippen LogP contribution in [0.15, 0.2) is 36.5 Å². The number of carbonyl (C=O) groups excluding carboxylic acids is 2. The van der Waals surface area contributed by atoms with E-state index in [4.69, 9.17) is 15.2 Å². The minimum Gasteiger partial charge on any atom is -0.496 e. The van der Waals surface area contributed by atoms with Crippen molar-refractivity contribution in [2.45, 2.75) is 37.6 Å². The summed E-state index contributed by atoms with van der Waals surface area (Å²) in [6.07, 6.45) is -5.17. The van der Waals surface area contributed by atoms with Crippen LogP contribution in [-0.2, 0) is 9.53 Å². The summed E-state index contributed by atoms with van der Waals surface area (Å²) in [7, 11) is 1.25. The van der Waals surface area contributed by atoms with Crippen molar-refractivity contribution >= 4 is 17.5 Å². The zero-order chi connectivity index (χ0) is 23.8. The molecule has 1 aromatic carbocycles. The molecular weight excluding hydrogens is 434 g/mol. The maximum atomic E-state index is 13.9. The number of hydrogen-bond donors (Lipinski definition) is 2. The summed E-state index contributed by atoms with van der Waals surface area (Å²) in [6, 6.07) is 5.92. The molecule has 11 heteroatoms. The average molecular weight is 455 g/mol. The topological polar surface area (TPSA) is 104 Å². The minimum absolute atomic E-state index is 0.00500. The lowest BCUT2D eigenvalue weighted by atomic mass is 9.77. The van der Waals surface area contributed by atoms with Crippen molar-refractivity contribution < 1.29 is 36.6 Å². The van der Waals surface area contributed by atoms with Crippen molar-refractivity contribution in [3.8, 4) is 5.75 Å². The molecule has 3 rings (SSSR count). The van der Waals surface area contributed by atoms with E-state index in [9.17, 15) is 27.2 Å². The lowest BCUT2D eigenvalue weighted by molar-refractivity contribution is -0.272. The first-order valence-electron chi connectivity index (χ1n) is 9.53. The van der Waals surface area contributed by atoms with Crippen molar-refractivity contribution in [1.29, 1.82) is 0 Å². The van der Waals surface area contributed by atoms with Crippen LogP contribution < -0.4 is 15.8 Å². The molecule has 2 heterocycles. The van der Waals surface area contributed by atoms with Crippen LogP contribution in [0.25, 0.3) is 0 Å². The van der Waals surface area contributed by atoms with Crippen LogP contribution in [0.1, 0.15) is 35.8 Å². The third kappa shape index (κ3) is 4.12. The Balaban J connectivity index is 2.04. The number of hydrogen-bond acceptors (Lipinski definition) is 5. The first-order valence-corrected chi connectivity index (χ1v) is 9.53. The molecule has 4 atom stereocenters. The van der Waals surface area contributed by atoms with Crippen molar-refractivity contribution in [1.82, 2.24) is 4.98 Å². The first-order chi connectivity index (χ1) is 14.9. The summed E-state index contributed by atoms with van der Waals surface area (Å²) in [5.41, 5.74) is 2.67. The van der Waals surface area contributed by atoms with Crippen molar-refractivity contribution in [3.05, 3.63) is 53.6 Å². The number of pyridine rings is 1. The summed E-state index contributed by atoms with van der Waals surface area (Å²) in [6.45, 7) is 2.18. The molecule has 0 radical (unpaired) electrons. The van der Waals surface area contributed by atoms with Gasteiger partial charge in [-0.25, -0.2) is 4.39 Å². The van der Waals surface area contributed by atoms with Gasteiger partial charge in [-0.05, 0) is 25.1 Å². The van der Waals surface area contributed by atoms with Gasteiger partial charge in [-0.2, -0.15) is 13.2 Å². The standard InChI is InChI=1S/C21H21F4N3O4/c1-10-16(13-5-4-11(22)8-15(13)31-3)17(32-20(10,2)21(23,24)25)19(30)28-12-6-7-27-14(9-12)18(26)29/h4-10,16-17H,1-3H3,(H2,26,29)(H,27,28,30)/t10-,16-,17-,20-/m0/s1. The van der Waals surface area contributed by atoms with Gasteiger partial charge < -0.3 is 20.5 Å². The van der Waals surface area contributed by atoms with Crippen LogP contribution in [0.4, 0.5) is 23.2 Å². The summed E-state index contributed by atoms with van der Waals surface area (Å²) < 4.78 is 66.0. The van der Waals surface area contributed by atoms with E-state index in [0.717, 1.165) is 19.1 Å². The van der Waals surface area contributed by atoms with Gasteiger partial charge in [0.05, 0.1) is 7.11 Å². The third-order valence-corrected chi connectivity index (χ3v) is 5.76. The molecule has 0 saturated carbocycles. The smallest absolute Gasteiger partial charge is 0.417 e. The predicted molar refractivity (Wildman–Crippen MR) is 106 cm³/mol. The lowest BCUT2D eigenvalue weighted by Crippen LogP contribution is -2.47. The number of nitrogens with two attached hydrogens (primary N) is 1. The summed E-state index contributed by atoms with van der Waals surface area (Å²) in [4.78, 5) is 28.1. The predicted octanol–water partition coefficient (Wildman–Crippen LogP) is 3.41. The Morgan fingerprint density at radius 2 is 1.94 bits per heavy atom. The molecule has 1 saturated heterocycles. The normalized spacial score (nSPS) is 25.4. The van der Waals surface area contributed by atoms with Gasteiger partial charge in [-0.1, -0.05) is 13.0 Å². The Labute approximate surface area is 180 Å². The zero-order valence-electron chi connectivity index (χ0n) is 17.4. The number of alkyl halides is 3. The Kier molecular flexibility index (Phi) is 6.14. The van der Waals surface area contributed by atoms with E-state index in [1.54, 1.807) is 0 Å². The van der Waals surface area contributed by atoms with E-state index in [-0.39, 0.29) is 22.7 Å². The molecule has 172 valence electrons. The van der Waals surface area contributed by atoms with Gasteiger partial charge >= 0.3 is 6.18 Å². The van der Waals surface area contributed by atoms with Crippen LogP contribution >= 0.6 is 0 Å². The number of nitrogens with zero attached hydrogens (tertiary/aromatic N) is 1. The number of anilines is 1. The largest absolute Gasteiger partial charge is 0.496 e. The number of primary amides is 1. The quantitative estimate of drug-likeness (QED) is 0.673. The fourth-order valence-electron chi connectivity index (χ4n) is 3.84. The number of amides is 2. The number of rotatable bonds is 5. The number of carbonyl (C=O) groups is 2. The highest BCUT2D eigenvalue weighted by atomic mass is 19.4. The average Bonchev–Trinajstić information content (AvgIpc) is 3.00. The highest BCUT2D eigenvalue weighted by Crippen LogP contribution is 2.54. The van der Waals surface area contributed by atoms with Gasteiger partial charge in [0.1, 0.15) is 23.4 Å². The fraction of sp³-hybridized carbons (Fsp3) is 0.381. The lowest BCUT2D eigenvalue weighted by Gasteiger charge is -2.32. The van der Waals surface area contributed by atoms with Crippen LogP contribution in [0, 0.1) is 11.7 Å². The third-order valence-electron chi connectivity index (χ3n) is 5.76. The first kappa shape index (κ1) is 23.5. The Bertz CT molecular complexity index is 1050. The zero-order valence-corrected chi connectivity index (χ0v) is 17.4. The SMILES string of the molecule is COc1cc(F)ccc1[C@H]1[C@@H](C(=O)Nc2ccnc(C(N)=O)c2)O[C@](C)(C(F)(F)F)[C@H]1C. The van der Waals surface area contributed by atoms with Gasteiger partial charge in [0.15, 0.2) is 5.60 Å². The summed E-state index contributed by atoms with van der Waals surface area (Å²) >= 11 is 0. The van der Waals surface area contributed by atoms with Gasteiger partial charge in [-0.3, -0.25) is 14.6 Å².